The third-order valence-corrected chi connectivity index (χ3v) is 3.14. The molecule has 0 saturated heterocycles. The van der Waals surface area contributed by atoms with E-state index < -0.39 is 5.97 Å². The fourth-order valence-corrected chi connectivity index (χ4v) is 2.01. The Balaban J connectivity index is 2.41. The maximum Gasteiger partial charge on any atom is 0.325 e. The fourth-order valence-electron chi connectivity index (χ4n) is 2.01. The zero-order chi connectivity index (χ0) is 15.4. The molecule has 0 N–H and O–H groups in total. The van der Waals surface area contributed by atoms with Crippen LogP contribution in [0, 0.1) is 0 Å². The van der Waals surface area contributed by atoms with Crippen LogP contribution in [-0.2, 0) is 9.53 Å². The highest BCUT2D eigenvalue weighted by atomic mass is 16.5. The molecule has 0 spiro atoms. The van der Waals surface area contributed by atoms with Crippen LogP contribution >= 0.6 is 0 Å². The monoisotopic (exact) mass is 287 g/mol. The molecule has 0 bridgehead atoms. The number of methoxy groups -OCH3 is 1. The molecule has 21 heavy (non-hydrogen) atoms. The summed E-state index contributed by atoms with van der Waals surface area (Å²) in [6.07, 6.45) is 3.12. The maximum atomic E-state index is 12.7. The summed E-state index contributed by atoms with van der Waals surface area (Å²) in [5.41, 5.74) is 1.60. The summed E-state index contributed by atoms with van der Waals surface area (Å²) in [5.74, 6) is -0.718. The smallest absolute Gasteiger partial charge is 0.325 e. The Bertz CT molecular complexity index is 665. The summed E-state index contributed by atoms with van der Waals surface area (Å²) in [5, 5.41) is 0. The standard InChI is InChI=1S/C15H17N3O3/c1-10(2)18(9-13(19)21-3)15(20)11-5-4-6-12-14(11)17-8-7-16-12/h4-8,10H,9H2,1-3H3. The van der Waals surface area contributed by atoms with E-state index in [1.54, 1.807) is 30.6 Å². The highest BCUT2D eigenvalue weighted by molar-refractivity contribution is 6.05. The van der Waals surface area contributed by atoms with Crippen LogP contribution in [-0.4, -0.2) is 46.4 Å². The second-order valence-electron chi connectivity index (χ2n) is 4.83. The molecular weight excluding hydrogens is 270 g/mol. The van der Waals surface area contributed by atoms with Gasteiger partial charge in [-0.1, -0.05) is 6.07 Å². The fraction of sp³-hybridized carbons (Fsp3) is 0.333. The average molecular weight is 287 g/mol. The van der Waals surface area contributed by atoms with E-state index in [4.69, 9.17) is 0 Å². The van der Waals surface area contributed by atoms with Crippen LogP contribution < -0.4 is 0 Å². The zero-order valence-electron chi connectivity index (χ0n) is 12.2. The SMILES string of the molecule is COC(=O)CN(C(=O)c1cccc2nccnc12)C(C)C. The van der Waals surface area contributed by atoms with Gasteiger partial charge >= 0.3 is 5.97 Å². The van der Waals surface area contributed by atoms with Gasteiger partial charge in [0.25, 0.3) is 5.91 Å². The first-order valence-electron chi connectivity index (χ1n) is 6.62. The van der Waals surface area contributed by atoms with Gasteiger partial charge in [-0.3, -0.25) is 19.6 Å². The molecule has 0 saturated carbocycles. The van der Waals surface area contributed by atoms with E-state index in [1.807, 2.05) is 13.8 Å². The van der Waals surface area contributed by atoms with E-state index in [9.17, 15) is 9.59 Å². The average Bonchev–Trinajstić information content (AvgIpc) is 2.50. The number of hydrogen-bond acceptors (Lipinski definition) is 5. The second-order valence-corrected chi connectivity index (χ2v) is 4.83. The molecule has 1 aromatic carbocycles. The Morgan fingerprint density at radius 3 is 2.62 bits per heavy atom. The van der Waals surface area contributed by atoms with Gasteiger partial charge in [0.05, 0.1) is 18.2 Å². The van der Waals surface area contributed by atoms with Crippen molar-refractivity contribution in [2.45, 2.75) is 19.9 Å². The first kappa shape index (κ1) is 14.9. The van der Waals surface area contributed by atoms with Crippen LogP contribution in [0.4, 0.5) is 0 Å². The summed E-state index contributed by atoms with van der Waals surface area (Å²) < 4.78 is 4.64. The molecule has 0 aliphatic heterocycles. The van der Waals surface area contributed by atoms with Gasteiger partial charge < -0.3 is 9.64 Å². The summed E-state index contributed by atoms with van der Waals surface area (Å²) in [7, 11) is 1.30. The van der Waals surface area contributed by atoms with Crippen molar-refractivity contribution < 1.29 is 14.3 Å². The number of rotatable bonds is 4. The van der Waals surface area contributed by atoms with Crippen LogP contribution in [0.1, 0.15) is 24.2 Å². The van der Waals surface area contributed by atoms with Crippen LogP contribution in [0.5, 0.6) is 0 Å². The lowest BCUT2D eigenvalue weighted by Gasteiger charge is -2.25. The summed E-state index contributed by atoms with van der Waals surface area (Å²) in [4.78, 5) is 34.0. The quantitative estimate of drug-likeness (QED) is 0.800. The molecule has 0 fully saturated rings. The number of esters is 1. The normalized spacial score (nSPS) is 10.7. The summed E-state index contributed by atoms with van der Waals surface area (Å²) >= 11 is 0. The third kappa shape index (κ3) is 3.16. The van der Waals surface area contributed by atoms with Gasteiger partial charge in [-0.05, 0) is 26.0 Å². The summed E-state index contributed by atoms with van der Waals surface area (Å²) in [6.45, 7) is 3.60. The van der Waals surface area contributed by atoms with Crippen LogP contribution in [0.15, 0.2) is 30.6 Å². The van der Waals surface area contributed by atoms with Gasteiger partial charge in [0.15, 0.2) is 0 Å². The van der Waals surface area contributed by atoms with E-state index in [1.165, 1.54) is 12.0 Å². The van der Waals surface area contributed by atoms with Crippen molar-refractivity contribution in [3.05, 3.63) is 36.2 Å². The number of carbonyl (C=O) groups excluding carboxylic acids is 2. The van der Waals surface area contributed by atoms with E-state index in [0.717, 1.165) is 0 Å². The number of hydrogen-bond donors (Lipinski definition) is 0. The number of carbonyl (C=O) groups is 2. The largest absolute Gasteiger partial charge is 0.468 e. The Kier molecular flexibility index (Phi) is 4.47. The Labute approximate surface area is 122 Å². The molecular formula is C15H17N3O3. The van der Waals surface area contributed by atoms with E-state index >= 15 is 0 Å². The second kappa shape index (κ2) is 6.30. The molecule has 1 aromatic heterocycles. The molecule has 1 amide bonds. The van der Waals surface area contributed by atoms with Gasteiger partial charge in [0, 0.05) is 18.4 Å². The highest BCUT2D eigenvalue weighted by Crippen LogP contribution is 2.17. The molecule has 1 heterocycles. The zero-order valence-corrected chi connectivity index (χ0v) is 12.2. The lowest BCUT2D eigenvalue weighted by molar-refractivity contribution is -0.141. The molecule has 0 unspecified atom stereocenters. The van der Waals surface area contributed by atoms with Gasteiger partial charge in [-0.15, -0.1) is 0 Å². The predicted octanol–water partition coefficient (Wildman–Crippen LogP) is 1.65. The van der Waals surface area contributed by atoms with Crippen molar-refractivity contribution in [1.29, 1.82) is 0 Å². The minimum absolute atomic E-state index is 0.0936. The number of nitrogens with zero attached hydrogens (tertiary/aromatic N) is 3. The Morgan fingerprint density at radius 2 is 1.95 bits per heavy atom. The Hall–Kier alpha value is -2.50. The molecule has 110 valence electrons. The molecule has 0 radical (unpaired) electrons. The van der Waals surface area contributed by atoms with E-state index in [-0.39, 0.29) is 18.5 Å². The minimum Gasteiger partial charge on any atom is -0.468 e. The number of para-hydroxylation sites is 1. The first-order valence-corrected chi connectivity index (χ1v) is 6.62. The Morgan fingerprint density at radius 1 is 1.24 bits per heavy atom. The maximum absolute atomic E-state index is 12.7. The number of benzene rings is 1. The van der Waals surface area contributed by atoms with Crippen LogP contribution in [0.25, 0.3) is 11.0 Å². The van der Waals surface area contributed by atoms with Crippen molar-refractivity contribution in [2.75, 3.05) is 13.7 Å². The van der Waals surface area contributed by atoms with Gasteiger partial charge in [0.1, 0.15) is 12.1 Å². The first-order chi connectivity index (χ1) is 10.0. The van der Waals surface area contributed by atoms with Crippen molar-refractivity contribution in [2.24, 2.45) is 0 Å². The molecule has 2 aromatic rings. The van der Waals surface area contributed by atoms with Crippen molar-refractivity contribution in [3.63, 3.8) is 0 Å². The molecule has 6 nitrogen and oxygen atoms in total. The number of fused-ring (bicyclic) bond motifs is 1. The molecule has 2 rings (SSSR count). The molecule has 0 aliphatic rings. The highest BCUT2D eigenvalue weighted by Gasteiger charge is 2.23. The topological polar surface area (TPSA) is 72.4 Å². The minimum atomic E-state index is -0.455. The van der Waals surface area contributed by atoms with E-state index in [2.05, 4.69) is 14.7 Å². The third-order valence-electron chi connectivity index (χ3n) is 3.14. The lowest BCUT2D eigenvalue weighted by Crippen LogP contribution is -2.41. The molecule has 0 aliphatic carbocycles. The summed E-state index contributed by atoms with van der Waals surface area (Å²) in [6, 6.07) is 5.09. The van der Waals surface area contributed by atoms with E-state index in [0.29, 0.717) is 16.6 Å². The lowest BCUT2D eigenvalue weighted by atomic mass is 10.1. The van der Waals surface area contributed by atoms with Crippen LogP contribution in [0.3, 0.4) is 0 Å². The van der Waals surface area contributed by atoms with Gasteiger partial charge in [-0.25, -0.2) is 0 Å². The molecule has 0 atom stereocenters. The van der Waals surface area contributed by atoms with Crippen LogP contribution in [0.2, 0.25) is 0 Å². The van der Waals surface area contributed by atoms with Crippen molar-refractivity contribution in [3.8, 4) is 0 Å². The predicted molar refractivity (Wildman–Crippen MR) is 77.7 cm³/mol. The van der Waals surface area contributed by atoms with Gasteiger partial charge in [0.2, 0.25) is 0 Å². The van der Waals surface area contributed by atoms with Crippen molar-refractivity contribution in [1.82, 2.24) is 14.9 Å². The molecule has 6 heteroatoms. The number of amides is 1. The van der Waals surface area contributed by atoms with Gasteiger partial charge in [-0.2, -0.15) is 0 Å². The number of ether oxygens (including phenoxy) is 1. The van der Waals surface area contributed by atoms with Crippen molar-refractivity contribution >= 4 is 22.9 Å². The number of aromatic nitrogens is 2.